The van der Waals surface area contributed by atoms with Crippen LogP contribution in [0.5, 0.6) is 0 Å². The largest absolute Gasteiger partial charge is 0.302 e. The van der Waals surface area contributed by atoms with Crippen molar-refractivity contribution in [2.45, 2.75) is 47.1 Å². The molecule has 1 aliphatic rings. The first-order valence-corrected chi connectivity index (χ1v) is 4.93. The second-order valence-corrected chi connectivity index (χ2v) is 6.18. The van der Waals surface area contributed by atoms with Crippen molar-refractivity contribution < 1.29 is 0 Å². The van der Waals surface area contributed by atoms with Crippen LogP contribution in [0.4, 0.5) is 0 Å². The van der Waals surface area contributed by atoms with Gasteiger partial charge in [0.1, 0.15) is 0 Å². The summed E-state index contributed by atoms with van der Waals surface area (Å²) in [5, 5.41) is 0. The Balaban J connectivity index is 2.52. The van der Waals surface area contributed by atoms with Crippen molar-refractivity contribution >= 4 is 0 Å². The molecule has 1 rings (SSSR count). The minimum atomic E-state index is 0.469. The lowest BCUT2D eigenvalue weighted by atomic mass is 9.69. The summed E-state index contributed by atoms with van der Waals surface area (Å²) in [5.74, 6) is 0. The van der Waals surface area contributed by atoms with Gasteiger partial charge >= 0.3 is 0 Å². The van der Waals surface area contributed by atoms with Crippen LogP contribution in [0.15, 0.2) is 0 Å². The first-order valence-electron chi connectivity index (χ1n) is 4.93. The molecule has 0 radical (unpaired) electrons. The van der Waals surface area contributed by atoms with Gasteiger partial charge in [0.25, 0.3) is 0 Å². The molecule has 12 heavy (non-hydrogen) atoms. The predicted octanol–water partition coefficient (Wildman–Crippen LogP) is 2.76. The van der Waals surface area contributed by atoms with Gasteiger partial charge in [0.2, 0.25) is 0 Å². The molecule has 0 saturated carbocycles. The molecule has 1 aliphatic heterocycles. The highest BCUT2D eigenvalue weighted by Crippen LogP contribution is 2.41. The summed E-state index contributed by atoms with van der Waals surface area (Å²) in [7, 11) is 2.24. The van der Waals surface area contributed by atoms with Gasteiger partial charge in [-0.2, -0.15) is 0 Å². The fourth-order valence-corrected chi connectivity index (χ4v) is 2.35. The van der Waals surface area contributed by atoms with Gasteiger partial charge < -0.3 is 4.90 Å². The monoisotopic (exact) mass is 169 g/mol. The molecule has 0 spiro atoms. The molecule has 0 aliphatic carbocycles. The van der Waals surface area contributed by atoms with E-state index in [2.05, 4.69) is 46.6 Å². The van der Waals surface area contributed by atoms with Crippen LogP contribution in [-0.2, 0) is 0 Å². The average molecular weight is 169 g/mol. The Bertz CT molecular complexity index is 164. The predicted molar refractivity (Wildman–Crippen MR) is 54.3 cm³/mol. The van der Waals surface area contributed by atoms with Gasteiger partial charge in [-0.1, -0.05) is 34.6 Å². The zero-order valence-corrected chi connectivity index (χ0v) is 9.44. The fraction of sp³-hybridized carbons (Fsp3) is 1.00. The molecule has 0 amide bonds. The van der Waals surface area contributed by atoms with E-state index in [1.165, 1.54) is 13.0 Å². The maximum atomic E-state index is 2.48. The van der Waals surface area contributed by atoms with E-state index >= 15 is 0 Å². The van der Waals surface area contributed by atoms with Crippen LogP contribution >= 0.6 is 0 Å². The number of likely N-dealkylation sites (tertiary alicyclic amines) is 1. The Morgan fingerprint density at radius 3 is 2.00 bits per heavy atom. The van der Waals surface area contributed by atoms with E-state index in [1.807, 2.05) is 0 Å². The van der Waals surface area contributed by atoms with Crippen LogP contribution in [0.3, 0.4) is 0 Å². The molecule has 72 valence electrons. The van der Waals surface area contributed by atoms with Gasteiger partial charge in [-0.3, -0.25) is 0 Å². The second kappa shape index (κ2) is 2.73. The SMILES string of the molecule is CN1CC(C)(C)C1CC(C)(C)C. The Morgan fingerprint density at radius 1 is 1.33 bits per heavy atom. The summed E-state index contributed by atoms with van der Waals surface area (Å²) in [6.07, 6.45) is 1.32. The molecular formula is C11H23N. The van der Waals surface area contributed by atoms with Crippen LogP contribution in [0.25, 0.3) is 0 Å². The van der Waals surface area contributed by atoms with Gasteiger partial charge in [-0.05, 0) is 24.3 Å². The number of hydrogen-bond donors (Lipinski definition) is 0. The molecule has 0 aromatic rings. The highest BCUT2D eigenvalue weighted by atomic mass is 15.2. The van der Waals surface area contributed by atoms with Crippen molar-refractivity contribution in [3.63, 3.8) is 0 Å². The third-order valence-corrected chi connectivity index (χ3v) is 2.90. The van der Waals surface area contributed by atoms with Crippen molar-refractivity contribution in [2.75, 3.05) is 13.6 Å². The zero-order valence-electron chi connectivity index (χ0n) is 9.44. The normalized spacial score (nSPS) is 30.0. The molecule has 1 heterocycles. The number of hydrogen-bond acceptors (Lipinski definition) is 1. The Kier molecular flexibility index (Phi) is 2.28. The summed E-state index contributed by atoms with van der Waals surface area (Å²) in [6, 6.07) is 0.789. The molecule has 1 saturated heterocycles. The van der Waals surface area contributed by atoms with E-state index in [9.17, 15) is 0 Å². The molecule has 0 aromatic carbocycles. The summed E-state index contributed by atoms with van der Waals surface area (Å²) in [5.41, 5.74) is 1.01. The van der Waals surface area contributed by atoms with Crippen molar-refractivity contribution in [3.8, 4) is 0 Å². The lowest BCUT2D eigenvalue weighted by Crippen LogP contribution is -2.60. The zero-order chi connectivity index (χ0) is 9.57. The standard InChI is InChI=1S/C11H23N/c1-10(2,3)7-9-11(4,5)8-12(9)6/h9H,7-8H2,1-6H3. The summed E-state index contributed by atoms with van der Waals surface area (Å²) in [6.45, 7) is 13.0. The van der Waals surface area contributed by atoms with Gasteiger partial charge in [-0.25, -0.2) is 0 Å². The molecule has 0 bridgehead atoms. The first kappa shape index (κ1) is 10.0. The maximum Gasteiger partial charge on any atom is 0.0161 e. The lowest BCUT2D eigenvalue weighted by Gasteiger charge is -2.54. The molecule has 0 N–H and O–H groups in total. The third-order valence-electron chi connectivity index (χ3n) is 2.90. The molecule has 1 atom stereocenters. The molecule has 1 unspecified atom stereocenters. The van der Waals surface area contributed by atoms with Crippen LogP contribution in [0.2, 0.25) is 0 Å². The Labute approximate surface area is 77.1 Å². The van der Waals surface area contributed by atoms with E-state index in [-0.39, 0.29) is 0 Å². The second-order valence-electron chi connectivity index (χ2n) is 6.18. The summed E-state index contributed by atoms with van der Waals surface area (Å²) >= 11 is 0. The first-order chi connectivity index (χ1) is 5.22. The van der Waals surface area contributed by atoms with Crippen molar-refractivity contribution in [2.24, 2.45) is 10.8 Å². The van der Waals surface area contributed by atoms with Gasteiger partial charge in [0.15, 0.2) is 0 Å². The highest BCUT2D eigenvalue weighted by molar-refractivity contribution is 4.98. The van der Waals surface area contributed by atoms with Crippen LogP contribution in [0.1, 0.15) is 41.0 Å². The van der Waals surface area contributed by atoms with E-state index in [0.29, 0.717) is 10.8 Å². The van der Waals surface area contributed by atoms with Crippen molar-refractivity contribution in [3.05, 3.63) is 0 Å². The fourth-order valence-electron chi connectivity index (χ4n) is 2.35. The van der Waals surface area contributed by atoms with E-state index in [4.69, 9.17) is 0 Å². The minimum Gasteiger partial charge on any atom is -0.302 e. The molecule has 1 nitrogen and oxygen atoms in total. The lowest BCUT2D eigenvalue weighted by molar-refractivity contribution is -0.0495. The van der Waals surface area contributed by atoms with Gasteiger partial charge in [-0.15, -0.1) is 0 Å². The molecule has 1 heteroatoms. The molecule has 1 fully saturated rings. The van der Waals surface area contributed by atoms with Crippen LogP contribution < -0.4 is 0 Å². The van der Waals surface area contributed by atoms with Crippen LogP contribution in [0, 0.1) is 10.8 Å². The minimum absolute atomic E-state index is 0.469. The quantitative estimate of drug-likeness (QED) is 0.583. The van der Waals surface area contributed by atoms with E-state index < -0.39 is 0 Å². The maximum absolute atomic E-state index is 2.48. The van der Waals surface area contributed by atoms with Crippen LogP contribution in [-0.4, -0.2) is 24.5 Å². The average Bonchev–Trinajstić information content (AvgIpc) is 1.81. The topological polar surface area (TPSA) is 3.24 Å². The van der Waals surface area contributed by atoms with E-state index in [0.717, 1.165) is 6.04 Å². The van der Waals surface area contributed by atoms with Gasteiger partial charge in [0.05, 0.1) is 0 Å². The third kappa shape index (κ3) is 2.01. The molecular weight excluding hydrogens is 146 g/mol. The summed E-state index contributed by atoms with van der Waals surface area (Å²) in [4.78, 5) is 2.48. The Hall–Kier alpha value is -0.0400. The Morgan fingerprint density at radius 2 is 1.83 bits per heavy atom. The number of nitrogens with zero attached hydrogens (tertiary/aromatic N) is 1. The van der Waals surface area contributed by atoms with Crippen molar-refractivity contribution in [1.82, 2.24) is 4.90 Å². The molecule has 0 aromatic heterocycles. The number of rotatable bonds is 1. The van der Waals surface area contributed by atoms with Crippen molar-refractivity contribution in [1.29, 1.82) is 0 Å². The van der Waals surface area contributed by atoms with E-state index in [1.54, 1.807) is 0 Å². The smallest absolute Gasteiger partial charge is 0.0161 e. The van der Waals surface area contributed by atoms with Gasteiger partial charge in [0, 0.05) is 12.6 Å². The summed E-state index contributed by atoms with van der Waals surface area (Å²) < 4.78 is 0. The highest BCUT2D eigenvalue weighted by Gasteiger charge is 2.44.